The largest absolute Gasteiger partial charge is 0.480 e. The fourth-order valence-corrected chi connectivity index (χ4v) is 1.87. The number of rotatable bonds is 5. The third-order valence-electron chi connectivity index (χ3n) is 3.17. The third-order valence-corrected chi connectivity index (χ3v) is 3.17. The number of carbonyl (C=O) groups excluding carboxylic acids is 1. The second kappa shape index (κ2) is 5.21. The van der Waals surface area contributed by atoms with Crippen LogP contribution in [0.25, 0.3) is 0 Å². The number of carboxylic acid groups (broad SMARTS) is 1. The maximum Gasteiger partial charge on any atom is 0.329 e. The first kappa shape index (κ1) is 13.5. The van der Waals surface area contributed by atoms with Gasteiger partial charge in [0.1, 0.15) is 5.54 Å². The van der Waals surface area contributed by atoms with Gasteiger partial charge in [-0.3, -0.25) is 0 Å². The number of hydrogen-bond donors (Lipinski definition) is 2. The van der Waals surface area contributed by atoms with Crippen molar-refractivity contribution in [2.24, 2.45) is 0 Å². The van der Waals surface area contributed by atoms with E-state index in [0.29, 0.717) is 19.4 Å². The number of carboxylic acids is 1. The van der Waals surface area contributed by atoms with Crippen LogP contribution in [0.1, 0.15) is 33.1 Å². The first-order valence-corrected chi connectivity index (χ1v) is 5.86. The zero-order valence-electron chi connectivity index (χ0n) is 10.4. The molecule has 17 heavy (non-hydrogen) atoms. The molecule has 1 rings (SSSR count). The summed E-state index contributed by atoms with van der Waals surface area (Å²) < 4.78 is 0. The fraction of sp³-hybridized carbons (Fsp3) is 0.667. The number of urea groups is 1. The lowest BCUT2D eigenvalue weighted by Gasteiger charge is -2.40. The van der Waals surface area contributed by atoms with Gasteiger partial charge in [0, 0.05) is 12.6 Å². The van der Waals surface area contributed by atoms with Crippen LogP contribution < -0.4 is 5.32 Å². The quantitative estimate of drug-likeness (QED) is 0.717. The highest BCUT2D eigenvalue weighted by Gasteiger charge is 2.46. The lowest BCUT2D eigenvalue weighted by molar-refractivity contribution is -0.148. The molecule has 0 aliphatic heterocycles. The highest BCUT2D eigenvalue weighted by atomic mass is 16.4. The smallest absolute Gasteiger partial charge is 0.329 e. The average Bonchev–Trinajstić information content (AvgIpc) is 2.18. The summed E-state index contributed by atoms with van der Waals surface area (Å²) in [6, 6.07) is -0.319. The van der Waals surface area contributed by atoms with Crippen LogP contribution in [-0.4, -0.2) is 40.1 Å². The molecule has 5 heteroatoms. The molecule has 1 aliphatic carbocycles. The Labute approximate surface area is 101 Å². The van der Waals surface area contributed by atoms with Crippen molar-refractivity contribution in [2.45, 2.75) is 44.7 Å². The van der Waals surface area contributed by atoms with Gasteiger partial charge < -0.3 is 15.3 Å². The Morgan fingerprint density at radius 3 is 2.41 bits per heavy atom. The normalized spacial score (nSPS) is 17.1. The zero-order valence-corrected chi connectivity index (χ0v) is 10.4. The van der Waals surface area contributed by atoms with Crippen molar-refractivity contribution >= 4 is 12.0 Å². The molecule has 5 nitrogen and oxygen atoms in total. The van der Waals surface area contributed by atoms with Crippen molar-refractivity contribution in [3.8, 4) is 0 Å². The van der Waals surface area contributed by atoms with E-state index < -0.39 is 11.5 Å². The first-order valence-electron chi connectivity index (χ1n) is 5.86. The second-order valence-corrected chi connectivity index (χ2v) is 4.71. The van der Waals surface area contributed by atoms with E-state index in [1.165, 1.54) is 0 Å². The molecule has 96 valence electrons. The lowest BCUT2D eigenvalue weighted by atomic mass is 9.77. The molecule has 0 saturated heterocycles. The predicted molar refractivity (Wildman–Crippen MR) is 64.8 cm³/mol. The first-order chi connectivity index (χ1) is 7.93. The minimum atomic E-state index is -1.05. The van der Waals surface area contributed by atoms with E-state index in [-0.39, 0.29) is 12.1 Å². The zero-order chi connectivity index (χ0) is 13.1. The van der Waals surface area contributed by atoms with E-state index in [2.05, 4.69) is 11.9 Å². The predicted octanol–water partition coefficient (Wildman–Crippen LogP) is 1.60. The summed E-state index contributed by atoms with van der Waals surface area (Å²) in [5.41, 5.74) is -1.05. The van der Waals surface area contributed by atoms with E-state index in [1.807, 2.05) is 13.8 Å². The SMILES string of the molecule is C=CCN(C(=O)NC1(C(=O)O)CCC1)C(C)C. The molecular weight excluding hydrogens is 220 g/mol. The standard InChI is InChI=1S/C12H20N2O3/c1-4-8-14(9(2)3)11(17)13-12(10(15)16)6-5-7-12/h4,9H,1,5-8H2,2-3H3,(H,13,17)(H,15,16). The Bertz CT molecular complexity index is 322. The molecule has 0 aromatic carbocycles. The summed E-state index contributed by atoms with van der Waals surface area (Å²) in [5.74, 6) is -0.945. The summed E-state index contributed by atoms with van der Waals surface area (Å²) in [7, 11) is 0. The number of hydrogen-bond acceptors (Lipinski definition) is 2. The lowest BCUT2D eigenvalue weighted by Crippen LogP contribution is -2.62. The Balaban J connectivity index is 2.69. The molecule has 2 amide bonds. The van der Waals surface area contributed by atoms with Gasteiger partial charge in [-0.15, -0.1) is 6.58 Å². The van der Waals surface area contributed by atoms with E-state index >= 15 is 0 Å². The molecule has 0 aromatic rings. The fourth-order valence-electron chi connectivity index (χ4n) is 1.87. The number of aliphatic carboxylic acids is 1. The van der Waals surface area contributed by atoms with Crippen LogP contribution in [-0.2, 0) is 4.79 Å². The van der Waals surface area contributed by atoms with Gasteiger partial charge >= 0.3 is 12.0 Å². The van der Waals surface area contributed by atoms with Gasteiger partial charge in [-0.2, -0.15) is 0 Å². The molecule has 0 radical (unpaired) electrons. The van der Waals surface area contributed by atoms with Crippen LogP contribution in [0.2, 0.25) is 0 Å². The van der Waals surface area contributed by atoms with Gasteiger partial charge in [-0.05, 0) is 33.1 Å². The van der Waals surface area contributed by atoms with Gasteiger partial charge in [-0.25, -0.2) is 9.59 Å². The summed E-state index contributed by atoms with van der Waals surface area (Å²) in [6.07, 6.45) is 3.49. The van der Waals surface area contributed by atoms with Gasteiger partial charge in [0.05, 0.1) is 0 Å². The topological polar surface area (TPSA) is 69.6 Å². The summed E-state index contributed by atoms with van der Waals surface area (Å²) in [4.78, 5) is 24.7. The maximum atomic E-state index is 12.0. The highest BCUT2D eigenvalue weighted by Crippen LogP contribution is 2.32. The van der Waals surface area contributed by atoms with Crippen LogP contribution in [0.4, 0.5) is 4.79 Å². The van der Waals surface area contributed by atoms with Crippen LogP contribution >= 0.6 is 0 Å². The number of carbonyl (C=O) groups is 2. The molecule has 0 heterocycles. The van der Waals surface area contributed by atoms with Gasteiger partial charge in [0.25, 0.3) is 0 Å². The van der Waals surface area contributed by atoms with Crippen molar-refractivity contribution in [3.63, 3.8) is 0 Å². The Hall–Kier alpha value is -1.52. The third kappa shape index (κ3) is 2.78. The number of nitrogens with zero attached hydrogens (tertiary/aromatic N) is 1. The minimum Gasteiger partial charge on any atom is -0.480 e. The molecule has 0 unspecified atom stereocenters. The second-order valence-electron chi connectivity index (χ2n) is 4.71. The molecular formula is C12H20N2O3. The van der Waals surface area contributed by atoms with Crippen molar-refractivity contribution in [2.75, 3.05) is 6.54 Å². The average molecular weight is 240 g/mol. The summed E-state index contributed by atoms with van der Waals surface area (Å²) in [6.45, 7) is 7.78. The Kier molecular flexibility index (Phi) is 4.15. The van der Waals surface area contributed by atoms with E-state index in [1.54, 1.807) is 11.0 Å². The molecule has 0 spiro atoms. The van der Waals surface area contributed by atoms with Crippen molar-refractivity contribution in [3.05, 3.63) is 12.7 Å². The number of nitrogens with one attached hydrogen (secondary N) is 1. The summed E-state index contributed by atoms with van der Waals surface area (Å²) >= 11 is 0. The molecule has 0 bridgehead atoms. The Morgan fingerprint density at radius 1 is 1.53 bits per heavy atom. The highest BCUT2D eigenvalue weighted by molar-refractivity contribution is 5.87. The Morgan fingerprint density at radius 2 is 2.12 bits per heavy atom. The van der Waals surface area contributed by atoms with Crippen LogP contribution in [0.15, 0.2) is 12.7 Å². The van der Waals surface area contributed by atoms with E-state index in [0.717, 1.165) is 6.42 Å². The summed E-state index contributed by atoms with van der Waals surface area (Å²) in [5, 5.41) is 11.8. The van der Waals surface area contributed by atoms with Gasteiger partial charge in [0.2, 0.25) is 0 Å². The van der Waals surface area contributed by atoms with Gasteiger partial charge in [-0.1, -0.05) is 6.08 Å². The van der Waals surface area contributed by atoms with Crippen molar-refractivity contribution in [1.29, 1.82) is 0 Å². The van der Waals surface area contributed by atoms with Gasteiger partial charge in [0.15, 0.2) is 0 Å². The molecule has 0 aromatic heterocycles. The molecule has 2 N–H and O–H groups in total. The van der Waals surface area contributed by atoms with E-state index in [9.17, 15) is 9.59 Å². The van der Waals surface area contributed by atoms with Crippen LogP contribution in [0.5, 0.6) is 0 Å². The van der Waals surface area contributed by atoms with Crippen molar-refractivity contribution in [1.82, 2.24) is 10.2 Å². The molecule has 1 saturated carbocycles. The van der Waals surface area contributed by atoms with Crippen molar-refractivity contribution < 1.29 is 14.7 Å². The van der Waals surface area contributed by atoms with E-state index in [4.69, 9.17) is 5.11 Å². The monoisotopic (exact) mass is 240 g/mol. The van der Waals surface area contributed by atoms with Crippen LogP contribution in [0, 0.1) is 0 Å². The number of amides is 2. The molecule has 1 fully saturated rings. The van der Waals surface area contributed by atoms with Crippen LogP contribution in [0.3, 0.4) is 0 Å². The maximum absolute atomic E-state index is 12.0. The minimum absolute atomic E-state index is 0.0129. The molecule has 1 aliphatic rings. The molecule has 0 atom stereocenters.